The summed E-state index contributed by atoms with van der Waals surface area (Å²) in [4.78, 5) is 38.4. The number of amides is 1. The molecule has 1 aliphatic rings. The van der Waals surface area contributed by atoms with Crippen LogP contribution < -0.4 is 10.2 Å². The van der Waals surface area contributed by atoms with Crippen molar-refractivity contribution < 1.29 is 23.5 Å². The lowest BCUT2D eigenvalue weighted by atomic mass is 10.0. The molecular formula is C20H27ClFN5O4S. The summed E-state index contributed by atoms with van der Waals surface area (Å²) in [5.41, 5.74) is 0.698. The molecule has 0 aromatic carbocycles. The van der Waals surface area contributed by atoms with E-state index < -0.39 is 12.6 Å². The van der Waals surface area contributed by atoms with Gasteiger partial charge in [0.05, 0.1) is 37.3 Å². The molecule has 1 fully saturated rings. The van der Waals surface area contributed by atoms with E-state index in [0.29, 0.717) is 48.2 Å². The van der Waals surface area contributed by atoms with Crippen molar-refractivity contribution in [2.75, 3.05) is 37.9 Å². The summed E-state index contributed by atoms with van der Waals surface area (Å²) < 4.78 is 23.5. The standard InChI is InChI=1S/C20H27ClFN5O4S/c1-3-12-16(21)26-17(24-12)18(28)25-13-6-8-27(11-14(13)31-9-5-7-22)20-23-10-15(32-20)19(29)30-4-2/h10,13-14H,3-9,11H2,1-2H3,(H,24,26)(H,25,28)/t13-,14+/m0/s1. The smallest absolute Gasteiger partial charge is 0.350 e. The maximum Gasteiger partial charge on any atom is 0.350 e. The fraction of sp³-hybridized carbons (Fsp3) is 0.600. The molecule has 1 saturated heterocycles. The van der Waals surface area contributed by atoms with Crippen molar-refractivity contribution in [2.45, 2.75) is 45.3 Å². The fourth-order valence-corrected chi connectivity index (χ4v) is 4.50. The Morgan fingerprint density at radius 2 is 2.25 bits per heavy atom. The lowest BCUT2D eigenvalue weighted by Crippen LogP contribution is -2.55. The highest BCUT2D eigenvalue weighted by Crippen LogP contribution is 2.27. The number of anilines is 1. The zero-order valence-corrected chi connectivity index (χ0v) is 19.6. The number of hydrogen-bond donors (Lipinski definition) is 2. The average Bonchev–Trinajstić information content (AvgIpc) is 3.42. The van der Waals surface area contributed by atoms with Gasteiger partial charge in [0.1, 0.15) is 4.88 Å². The molecule has 2 aromatic rings. The summed E-state index contributed by atoms with van der Waals surface area (Å²) >= 11 is 7.29. The van der Waals surface area contributed by atoms with Crippen LogP contribution in [0.2, 0.25) is 5.15 Å². The van der Waals surface area contributed by atoms with E-state index >= 15 is 0 Å². The predicted molar refractivity (Wildman–Crippen MR) is 119 cm³/mol. The molecule has 0 bridgehead atoms. The number of imidazole rings is 1. The minimum Gasteiger partial charge on any atom is -0.462 e. The Labute approximate surface area is 194 Å². The van der Waals surface area contributed by atoms with Gasteiger partial charge in [-0.1, -0.05) is 29.9 Å². The Morgan fingerprint density at radius 1 is 1.44 bits per heavy atom. The first-order chi connectivity index (χ1) is 15.5. The number of nitrogens with one attached hydrogen (secondary N) is 2. The first-order valence-electron chi connectivity index (χ1n) is 10.6. The molecule has 9 nitrogen and oxygen atoms in total. The number of ether oxygens (including phenoxy) is 2. The third-order valence-electron chi connectivity index (χ3n) is 5.02. The summed E-state index contributed by atoms with van der Waals surface area (Å²) in [6.07, 6.45) is 2.60. The number of carbonyl (C=O) groups is 2. The highest BCUT2D eigenvalue weighted by Gasteiger charge is 2.33. The maximum atomic E-state index is 12.7. The zero-order valence-electron chi connectivity index (χ0n) is 18.0. The Hall–Kier alpha value is -2.24. The van der Waals surface area contributed by atoms with E-state index in [2.05, 4.69) is 20.3 Å². The number of rotatable bonds is 10. The van der Waals surface area contributed by atoms with Crippen LogP contribution in [0.5, 0.6) is 0 Å². The van der Waals surface area contributed by atoms with Gasteiger partial charge in [0.15, 0.2) is 16.1 Å². The number of halogens is 2. The molecule has 3 heterocycles. The highest BCUT2D eigenvalue weighted by atomic mass is 35.5. The van der Waals surface area contributed by atoms with E-state index in [4.69, 9.17) is 21.1 Å². The van der Waals surface area contributed by atoms with Crippen LogP contribution in [-0.2, 0) is 15.9 Å². The second-order valence-corrected chi connectivity index (χ2v) is 8.57. The Morgan fingerprint density at radius 3 is 2.94 bits per heavy atom. The molecule has 12 heteroatoms. The van der Waals surface area contributed by atoms with E-state index in [0.717, 1.165) is 0 Å². The van der Waals surface area contributed by atoms with Crippen LogP contribution in [0.1, 0.15) is 52.7 Å². The summed E-state index contributed by atoms with van der Waals surface area (Å²) in [6.45, 7) is 4.75. The van der Waals surface area contributed by atoms with Gasteiger partial charge in [-0.15, -0.1) is 0 Å². The van der Waals surface area contributed by atoms with Gasteiger partial charge in [0, 0.05) is 19.7 Å². The van der Waals surface area contributed by atoms with Crippen LogP contribution in [0, 0.1) is 0 Å². The number of thiazole rings is 1. The third-order valence-corrected chi connectivity index (χ3v) is 6.37. The number of H-pyrrole nitrogens is 1. The van der Waals surface area contributed by atoms with Gasteiger partial charge < -0.3 is 24.7 Å². The van der Waals surface area contributed by atoms with E-state index in [-0.39, 0.29) is 42.1 Å². The minimum atomic E-state index is -0.479. The van der Waals surface area contributed by atoms with Crippen LogP contribution in [0.3, 0.4) is 0 Å². The molecule has 0 saturated carbocycles. The van der Waals surface area contributed by atoms with E-state index in [9.17, 15) is 14.0 Å². The van der Waals surface area contributed by atoms with Gasteiger partial charge in [0.25, 0.3) is 5.91 Å². The van der Waals surface area contributed by atoms with Gasteiger partial charge in [-0.25, -0.2) is 14.8 Å². The number of aromatic nitrogens is 3. The van der Waals surface area contributed by atoms with Crippen molar-refractivity contribution in [1.82, 2.24) is 20.3 Å². The first kappa shape index (κ1) is 24.4. The Bertz CT molecular complexity index is 924. The second kappa shape index (κ2) is 11.6. The van der Waals surface area contributed by atoms with Crippen LogP contribution >= 0.6 is 22.9 Å². The number of piperidine rings is 1. The lowest BCUT2D eigenvalue weighted by Gasteiger charge is -2.38. The molecule has 1 amide bonds. The number of carbonyl (C=O) groups excluding carboxylic acids is 2. The van der Waals surface area contributed by atoms with Crippen molar-refractivity contribution >= 4 is 39.9 Å². The van der Waals surface area contributed by atoms with Crippen LogP contribution in [0.4, 0.5) is 9.52 Å². The molecule has 32 heavy (non-hydrogen) atoms. The number of aromatic amines is 1. The van der Waals surface area contributed by atoms with Crippen LogP contribution in [-0.4, -0.2) is 72.0 Å². The Balaban J connectivity index is 1.68. The van der Waals surface area contributed by atoms with Crippen LogP contribution in [0.25, 0.3) is 0 Å². The molecule has 176 valence electrons. The van der Waals surface area contributed by atoms with Gasteiger partial charge in [-0.2, -0.15) is 0 Å². The predicted octanol–water partition coefficient (Wildman–Crippen LogP) is 3.01. The number of nitrogens with zero attached hydrogens (tertiary/aromatic N) is 3. The van der Waals surface area contributed by atoms with Crippen LogP contribution in [0.15, 0.2) is 6.20 Å². The van der Waals surface area contributed by atoms with Crippen molar-refractivity contribution in [3.63, 3.8) is 0 Å². The molecule has 3 rings (SSSR count). The van der Waals surface area contributed by atoms with Gasteiger partial charge in [0.2, 0.25) is 0 Å². The summed E-state index contributed by atoms with van der Waals surface area (Å²) in [5.74, 6) is -0.628. The topological polar surface area (TPSA) is 109 Å². The summed E-state index contributed by atoms with van der Waals surface area (Å²) in [7, 11) is 0. The van der Waals surface area contributed by atoms with Crippen molar-refractivity contribution in [2.24, 2.45) is 0 Å². The van der Waals surface area contributed by atoms with Gasteiger partial charge in [-0.05, 0) is 26.2 Å². The molecule has 2 atom stereocenters. The third kappa shape index (κ3) is 5.96. The Kier molecular flexibility index (Phi) is 8.83. The first-order valence-corrected chi connectivity index (χ1v) is 11.8. The maximum absolute atomic E-state index is 12.7. The van der Waals surface area contributed by atoms with Crippen molar-refractivity contribution in [3.8, 4) is 0 Å². The van der Waals surface area contributed by atoms with E-state index in [1.165, 1.54) is 17.5 Å². The molecule has 0 unspecified atom stereocenters. The molecule has 0 spiro atoms. The van der Waals surface area contributed by atoms with Gasteiger partial charge >= 0.3 is 5.97 Å². The largest absolute Gasteiger partial charge is 0.462 e. The average molecular weight is 488 g/mol. The molecule has 1 aliphatic heterocycles. The summed E-state index contributed by atoms with van der Waals surface area (Å²) in [6, 6.07) is -0.295. The lowest BCUT2D eigenvalue weighted by molar-refractivity contribution is 0.0171. The molecule has 0 radical (unpaired) electrons. The monoisotopic (exact) mass is 487 g/mol. The van der Waals surface area contributed by atoms with E-state index in [1.807, 2.05) is 11.8 Å². The zero-order chi connectivity index (χ0) is 23.1. The molecule has 2 aromatic heterocycles. The summed E-state index contributed by atoms with van der Waals surface area (Å²) in [5, 5.41) is 3.91. The fourth-order valence-electron chi connectivity index (χ4n) is 3.39. The molecule has 0 aliphatic carbocycles. The normalized spacial score (nSPS) is 18.6. The SMILES string of the molecule is CCOC(=O)c1cnc(N2CC[C@H](NC(=O)c3nc(Cl)c(CC)[nH]3)[C@H](OCCCF)C2)s1. The van der Waals surface area contributed by atoms with Gasteiger partial charge in [-0.3, -0.25) is 9.18 Å². The number of hydrogen-bond acceptors (Lipinski definition) is 8. The second-order valence-electron chi connectivity index (χ2n) is 7.20. The van der Waals surface area contributed by atoms with Crippen molar-refractivity contribution in [3.05, 3.63) is 27.7 Å². The number of aryl methyl sites for hydroxylation is 1. The number of alkyl halides is 1. The highest BCUT2D eigenvalue weighted by molar-refractivity contribution is 7.17. The number of esters is 1. The van der Waals surface area contributed by atoms with Crippen molar-refractivity contribution in [1.29, 1.82) is 0 Å². The molecular weight excluding hydrogens is 461 g/mol. The van der Waals surface area contributed by atoms with E-state index in [1.54, 1.807) is 6.92 Å². The quantitative estimate of drug-likeness (QED) is 0.391. The molecule has 2 N–H and O–H groups in total. The minimum absolute atomic E-state index is 0.149.